The molecule has 0 aliphatic carbocycles. The van der Waals surface area contributed by atoms with Crippen LogP contribution in [0.2, 0.25) is 0 Å². The number of nitrogens with one attached hydrogen (secondary N) is 1. The van der Waals surface area contributed by atoms with E-state index < -0.39 is 5.60 Å². The molecule has 0 bridgehead atoms. The Morgan fingerprint density at radius 2 is 2.00 bits per heavy atom. The van der Waals surface area contributed by atoms with Crippen LogP contribution in [0.25, 0.3) is 0 Å². The Hall–Kier alpha value is -1.36. The minimum atomic E-state index is -0.688. The van der Waals surface area contributed by atoms with E-state index in [4.69, 9.17) is 5.73 Å². The van der Waals surface area contributed by atoms with Gasteiger partial charge in [0.2, 0.25) is 0 Å². The Kier molecular flexibility index (Phi) is 4.06. The van der Waals surface area contributed by atoms with Crippen LogP contribution in [-0.4, -0.2) is 27.2 Å². The maximum Gasteiger partial charge on any atom is 0.134 e. The Balaban J connectivity index is 2.71. The van der Waals surface area contributed by atoms with Gasteiger partial charge in [-0.3, -0.25) is 0 Å². The molecule has 4 N–H and O–H groups in total. The number of anilines is 2. The second-order valence-electron chi connectivity index (χ2n) is 4.02. The molecule has 0 atom stereocenters. The van der Waals surface area contributed by atoms with Crippen LogP contribution >= 0.6 is 0 Å². The third kappa shape index (κ3) is 2.82. The zero-order valence-electron chi connectivity index (χ0n) is 10.1. The van der Waals surface area contributed by atoms with Gasteiger partial charge in [0.15, 0.2) is 0 Å². The normalized spacial score (nSPS) is 11.5. The van der Waals surface area contributed by atoms with Crippen molar-refractivity contribution in [3.8, 4) is 0 Å². The van der Waals surface area contributed by atoms with Gasteiger partial charge in [0, 0.05) is 12.1 Å². The van der Waals surface area contributed by atoms with Crippen LogP contribution in [0.3, 0.4) is 0 Å². The molecular weight excluding hydrogens is 204 g/mol. The summed E-state index contributed by atoms with van der Waals surface area (Å²) in [5.41, 5.74) is 5.80. The zero-order valence-corrected chi connectivity index (χ0v) is 10.1. The van der Waals surface area contributed by atoms with Crippen molar-refractivity contribution < 1.29 is 5.11 Å². The van der Waals surface area contributed by atoms with E-state index in [1.807, 2.05) is 20.8 Å². The van der Waals surface area contributed by atoms with Crippen molar-refractivity contribution in [1.82, 2.24) is 9.97 Å². The lowest BCUT2D eigenvalue weighted by Gasteiger charge is -2.26. The third-order valence-electron chi connectivity index (χ3n) is 3.02. The second kappa shape index (κ2) is 5.12. The van der Waals surface area contributed by atoms with Gasteiger partial charge in [-0.15, -0.1) is 0 Å². The summed E-state index contributed by atoms with van der Waals surface area (Å²) in [6.07, 6.45) is 2.83. The number of hydrogen-bond donors (Lipinski definition) is 3. The molecule has 5 heteroatoms. The number of aliphatic hydroxyl groups is 1. The molecule has 1 heterocycles. The molecule has 0 saturated carbocycles. The zero-order chi connectivity index (χ0) is 12.2. The fourth-order valence-electron chi connectivity index (χ4n) is 1.39. The first kappa shape index (κ1) is 12.7. The van der Waals surface area contributed by atoms with Crippen molar-refractivity contribution in [2.24, 2.45) is 0 Å². The average Bonchev–Trinajstić information content (AvgIpc) is 2.31. The van der Waals surface area contributed by atoms with Crippen LogP contribution in [-0.2, 0) is 0 Å². The number of nitrogens with two attached hydrogens (primary N) is 1. The van der Waals surface area contributed by atoms with E-state index in [9.17, 15) is 5.11 Å². The van der Waals surface area contributed by atoms with Gasteiger partial charge in [0.25, 0.3) is 0 Å². The fourth-order valence-corrected chi connectivity index (χ4v) is 1.39. The third-order valence-corrected chi connectivity index (χ3v) is 3.02. The minimum absolute atomic E-state index is 0.467. The van der Waals surface area contributed by atoms with Crippen molar-refractivity contribution in [2.45, 2.75) is 39.2 Å². The van der Waals surface area contributed by atoms with Crippen molar-refractivity contribution in [3.63, 3.8) is 0 Å². The van der Waals surface area contributed by atoms with Gasteiger partial charge in [0.05, 0.1) is 5.60 Å². The summed E-state index contributed by atoms with van der Waals surface area (Å²) in [6.45, 7) is 6.25. The minimum Gasteiger partial charge on any atom is -0.388 e. The molecule has 0 amide bonds. The SMILES string of the molecule is CCC(O)(CC)CNc1ncnc(N)c1C. The van der Waals surface area contributed by atoms with Gasteiger partial charge in [-0.05, 0) is 19.8 Å². The van der Waals surface area contributed by atoms with E-state index in [2.05, 4.69) is 15.3 Å². The van der Waals surface area contributed by atoms with Crippen molar-refractivity contribution in [3.05, 3.63) is 11.9 Å². The molecule has 1 rings (SSSR count). The summed E-state index contributed by atoms with van der Waals surface area (Å²) in [7, 11) is 0. The topological polar surface area (TPSA) is 84.1 Å². The molecule has 0 unspecified atom stereocenters. The monoisotopic (exact) mass is 224 g/mol. The van der Waals surface area contributed by atoms with Gasteiger partial charge >= 0.3 is 0 Å². The highest BCUT2D eigenvalue weighted by molar-refractivity contribution is 5.53. The van der Waals surface area contributed by atoms with Crippen molar-refractivity contribution >= 4 is 11.6 Å². The highest BCUT2D eigenvalue weighted by Gasteiger charge is 2.22. The number of hydrogen-bond acceptors (Lipinski definition) is 5. The van der Waals surface area contributed by atoms with Crippen LogP contribution < -0.4 is 11.1 Å². The lowest BCUT2D eigenvalue weighted by atomic mass is 9.97. The van der Waals surface area contributed by atoms with Crippen LogP contribution in [0, 0.1) is 6.92 Å². The van der Waals surface area contributed by atoms with Gasteiger partial charge in [-0.1, -0.05) is 13.8 Å². The van der Waals surface area contributed by atoms with Crippen LogP contribution in [0.5, 0.6) is 0 Å². The smallest absolute Gasteiger partial charge is 0.134 e. The quantitative estimate of drug-likeness (QED) is 0.702. The highest BCUT2D eigenvalue weighted by atomic mass is 16.3. The van der Waals surface area contributed by atoms with E-state index in [-0.39, 0.29) is 0 Å². The van der Waals surface area contributed by atoms with Crippen molar-refractivity contribution in [1.29, 1.82) is 0 Å². The lowest BCUT2D eigenvalue weighted by Crippen LogP contribution is -2.35. The predicted molar refractivity (Wildman–Crippen MR) is 65.2 cm³/mol. The molecule has 0 saturated heterocycles. The fraction of sp³-hybridized carbons (Fsp3) is 0.636. The Bertz CT molecular complexity index is 350. The molecule has 0 spiro atoms. The first-order chi connectivity index (χ1) is 7.52. The van der Waals surface area contributed by atoms with Crippen LogP contribution in [0.1, 0.15) is 32.3 Å². The number of nitrogens with zero attached hydrogens (tertiary/aromatic N) is 2. The molecule has 16 heavy (non-hydrogen) atoms. The Morgan fingerprint density at radius 3 is 2.56 bits per heavy atom. The molecule has 5 nitrogen and oxygen atoms in total. The highest BCUT2D eigenvalue weighted by Crippen LogP contribution is 2.19. The molecule has 0 radical (unpaired) electrons. The van der Waals surface area contributed by atoms with Crippen LogP contribution in [0.15, 0.2) is 6.33 Å². The maximum atomic E-state index is 10.1. The van der Waals surface area contributed by atoms with E-state index in [1.165, 1.54) is 6.33 Å². The summed E-state index contributed by atoms with van der Waals surface area (Å²) < 4.78 is 0. The molecule has 0 aliphatic heterocycles. The van der Waals surface area contributed by atoms with Gasteiger partial charge in [-0.2, -0.15) is 0 Å². The molecule has 1 aromatic heterocycles. The molecular formula is C11H20N4O. The Labute approximate surface area is 96.1 Å². The lowest BCUT2D eigenvalue weighted by molar-refractivity contribution is 0.0456. The second-order valence-corrected chi connectivity index (χ2v) is 4.02. The first-order valence-corrected chi connectivity index (χ1v) is 5.55. The van der Waals surface area contributed by atoms with Gasteiger partial charge in [-0.25, -0.2) is 9.97 Å². The summed E-state index contributed by atoms with van der Waals surface area (Å²) in [5, 5.41) is 13.2. The van der Waals surface area contributed by atoms with E-state index >= 15 is 0 Å². The molecule has 90 valence electrons. The summed E-state index contributed by atoms with van der Waals surface area (Å²) in [6, 6.07) is 0. The Morgan fingerprint density at radius 1 is 1.38 bits per heavy atom. The maximum absolute atomic E-state index is 10.1. The summed E-state index contributed by atoms with van der Waals surface area (Å²) >= 11 is 0. The van der Waals surface area contributed by atoms with Gasteiger partial charge in [0.1, 0.15) is 18.0 Å². The average molecular weight is 224 g/mol. The van der Waals surface area contributed by atoms with Crippen molar-refractivity contribution in [2.75, 3.05) is 17.6 Å². The molecule has 1 aromatic rings. The van der Waals surface area contributed by atoms with Gasteiger partial charge < -0.3 is 16.2 Å². The van der Waals surface area contributed by atoms with E-state index in [1.54, 1.807) is 0 Å². The largest absolute Gasteiger partial charge is 0.388 e. The number of rotatable bonds is 5. The number of nitrogen functional groups attached to an aromatic ring is 1. The molecule has 0 aliphatic rings. The molecule has 0 aromatic carbocycles. The van der Waals surface area contributed by atoms with E-state index in [0.717, 1.165) is 5.56 Å². The summed E-state index contributed by atoms with van der Waals surface area (Å²) in [5.74, 6) is 1.15. The number of aromatic nitrogens is 2. The standard InChI is InChI=1S/C11H20N4O/c1-4-11(16,5-2)6-13-10-8(3)9(12)14-7-15-10/h7,16H,4-6H2,1-3H3,(H3,12,13,14,15). The van der Waals surface area contributed by atoms with E-state index in [0.29, 0.717) is 31.0 Å². The van der Waals surface area contributed by atoms with Crippen LogP contribution in [0.4, 0.5) is 11.6 Å². The first-order valence-electron chi connectivity index (χ1n) is 5.55. The molecule has 0 fully saturated rings. The predicted octanol–water partition coefficient (Wildman–Crippen LogP) is 1.33. The summed E-state index contributed by atoms with van der Waals surface area (Å²) in [4.78, 5) is 7.99.